The summed E-state index contributed by atoms with van der Waals surface area (Å²) in [6, 6.07) is 20.4. The van der Waals surface area contributed by atoms with Crippen LogP contribution in [0.2, 0.25) is 0 Å². The third-order valence-corrected chi connectivity index (χ3v) is 5.68. The summed E-state index contributed by atoms with van der Waals surface area (Å²) in [4.78, 5) is 4.55. The van der Waals surface area contributed by atoms with Crippen LogP contribution in [0.5, 0.6) is 0 Å². The van der Waals surface area contributed by atoms with Gasteiger partial charge in [0, 0.05) is 22.9 Å². The van der Waals surface area contributed by atoms with Crippen LogP contribution in [0.4, 0.5) is 0 Å². The summed E-state index contributed by atoms with van der Waals surface area (Å²) < 4.78 is 7.55. The molecule has 2 heterocycles. The van der Waals surface area contributed by atoms with Crippen LogP contribution >= 0.6 is 0 Å². The summed E-state index contributed by atoms with van der Waals surface area (Å²) in [5.41, 5.74) is 4.74. The molecule has 0 amide bonds. The Morgan fingerprint density at radius 1 is 1.07 bits per heavy atom. The van der Waals surface area contributed by atoms with E-state index in [1.165, 1.54) is 11.3 Å². The fourth-order valence-electron chi connectivity index (χ4n) is 4.26. The van der Waals surface area contributed by atoms with E-state index >= 15 is 0 Å². The van der Waals surface area contributed by atoms with Crippen molar-refractivity contribution in [3.63, 3.8) is 0 Å². The van der Waals surface area contributed by atoms with Gasteiger partial charge in [-0.25, -0.2) is 4.68 Å². The van der Waals surface area contributed by atoms with E-state index in [1.54, 1.807) is 0 Å². The second kappa shape index (κ2) is 7.54. The van der Waals surface area contributed by atoms with Crippen molar-refractivity contribution in [2.75, 3.05) is 0 Å². The highest BCUT2D eigenvalue weighted by Gasteiger charge is 2.35. The molecule has 0 radical (unpaired) electrons. The van der Waals surface area contributed by atoms with Crippen molar-refractivity contribution < 1.29 is 4.52 Å². The Bertz CT molecular complexity index is 1130. The second-order valence-electron chi connectivity index (χ2n) is 8.65. The molecule has 0 unspecified atom stereocenters. The van der Waals surface area contributed by atoms with Crippen molar-refractivity contribution in [3.8, 4) is 17.1 Å². The van der Waals surface area contributed by atoms with E-state index in [0.717, 1.165) is 24.1 Å². The molecule has 30 heavy (non-hydrogen) atoms. The SMILES string of the molecule is CC1(C)Cc2c(cnn2-c2ccccc2)[C@H](NCc2nc(-c3ccccc3)no2)C1. The van der Waals surface area contributed by atoms with Crippen molar-refractivity contribution in [1.82, 2.24) is 25.2 Å². The van der Waals surface area contributed by atoms with Crippen molar-refractivity contribution in [1.29, 1.82) is 0 Å². The van der Waals surface area contributed by atoms with Crippen LogP contribution < -0.4 is 5.32 Å². The normalized spacial score (nSPS) is 17.6. The van der Waals surface area contributed by atoms with E-state index in [1.807, 2.05) is 54.7 Å². The highest BCUT2D eigenvalue weighted by atomic mass is 16.5. The number of benzene rings is 2. The van der Waals surface area contributed by atoms with Crippen LogP contribution in [-0.4, -0.2) is 19.9 Å². The molecule has 0 aliphatic heterocycles. The summed E-state index contributed by atoms with van der Waals surface area (Å²) in [6.07, 6.45) is 4.02. The van der Waals surface area contributed by atoms with Gasteiger partial charge < -0.3 is 9.84 Å². The van der Waals surface area contributed by atoms with Crippen LogP contribution in [-0.2, 0) is 13.0 Å². The molecule has 6 heteroatoms. The van der Waals surface area contributed by atoms with E-state index in [-0.39, 0.29) is 11.5 Å². The number of nitrogens with zero attached hydrogens (tertiary/aromatic N) is 4. The number of rotatable bonds is 5. The first-order valence-electron chi connectivity index (χ1n) is 10.3. The molecule has 1 aliphatic carbocycles. The molecule has 5 rings (SSSR count). The lowest BCUT2D eigenvalue weighted by Gasteiger charge is -2.36. The Labute approximate surface area is 175 Å². The quantitative estimate of drug-likeness (QED) is 0.526. The van der Waals surface area contributed by atoms with Crippen molar-refractivity contribution in [2.24, 2.45) is 5.41 Å². The Morgan fingerprint density at radius 3 is 2.57 bits per heavy atom. The predicted octanol–water partition coefficient (Wildman–Crippen LogP) is 4.73. The molecular weight excluding hydrogens is 374 g/mol. The molecule has 1 N–H and O–H groups in total. The number of hydrogen-bond donors (Lipinski definition) is 1. The molecule has 2 aromatic heterocycles. The Hall–Kier alpha value is -3.25. The lowest BCUT2D eigenvalue weighted by atomic mass is 9.74. The molecular formula is C24H25N5O. The van der Waals surface area contributed by atoms with Crippen LogP contribution in [0, 0.1) is 5.41 Å². The van der Waals surface area contributed by atoms with E-state index in [0.29, 0.717) is 18.3 Å². The number of fused-ring (bicyclic) bond motifs is 1. The lowest BCUT2D eigenvalue weighted by Crippen LogP contribution is -2.33. The molecule has 0 bridgehead atoms. The molecule has 152 valence electrons. The highest BCUT2D eigenvalue weighted by molar-refractivity contribution is 5.53. The molecule has 0 fully saturated rings. The van der Waals surface area contributed by atoms with Crippen molar-refractivity contribution >= 4 is 0 Å². The number of nitrogens with one attached hydrogen (secondary N) is 1. The predicted molar refractivity (Wildman–Crippen MR) is 115 cm³/mol. The van der Waals surface area contributed by atoms with Crippen molar-refractivity contribution in [3.05, 3.63) is 84.0 Å². The Balaban J connectivity index is 1.37. The first kappa shape index (κ1) is 18.8. The molecule has 1 aliphatic rings. The number of hydrogen-bond acceptors (Lipinski definition) is 5. The fraction of sp³-hybridized carbons (Fsp3) is 0.292. The van der Waals surface area contributed by atoms with Crippen LogP contribution in [0.25, 0.3) is 17.1 Å². The van der Waals surface area contributed by atoms with Gasteiger partial charge in [0.1, 0.15) is 0 Å². The molecule has 2 aromatic carbocycles. The second-order valence-corrected chi connectivity index (χ2v) is 8.65. The molecule has 0 spiro atoms. The topological polar surface area (TPSA) is 68.8 Å². The van der Waals surface area contributed by atoms with E-state index in [9.17, 15) is 0 Å². The van der Waals surface area contributed by atoms with Gasteiger partial charge >= 0.3 is 0 Å². The van der Waals surface area contributed by atoms with Gasteiger partial charge in [-0.1, -0.05) is 67.5 Å². The van der Waals surface area contributed by atoms with Gasteiger partial charge in [0.2, 0.25) is 11.7 Å². The minimum atomic E-state index is 0.168. The zero-order valence-corrected chi connectivity index (χ0v) is 17.2. The molecule has 4 aromatic rings. The first-order chi connectivity index (χ1) is 14.6. The average molecular weight is 399 g/mol. The standard InChI is InChI=1S/C24H25N5O/c1-24(2)13-20(19-15-26-29(21(19)14-24)18-11-7-4-8-12-18)25-16-22-27-23(28-30-22)17-9-5-3-6-10-17/h3-12,15,20,25H,13-14,16H2,1-2H3/t20-/m1/s1. The number of para-hydroxylation sites is 1. The lowest BCUT2D eigenvalue weighted by molar-refractivity contribution is 0.246. The van der Waals surface area contributed by atoms with Crippen LogP contribution in [0.15, 0.2) is 71.4 Å². The largest absolute Gasteiger partial charge is 0.338 e. The summed E-state index contributed by atoms with van der Waals surface area (Å²) in [6.45, 7) is 5.15. The molecule has 0 saturated heterocycles. The van der Waals surface area contributed by atoms with Gasteiger partial charge in [0.25, 0.3) is 0 Å². The zero-order chi connectivity index (χ0) is 20.6. The van der Waals surface area contributed by atoms with Gasteiger partial charge in [-0.15, -0.1) is 0 Å². The third kappa shape index (κ3) is 3.66. The Morgan fingerprint density at radius 2 is 1.80 bits per heavy atom. The van der Waals surface area contributed by atoms with Gasteiger partial charge in [-0.05, 0) is 30.4 Å². The molecule has 0 saturated carbocycles. The number of aromatic nitrogens is 4. The maximum atomic E-state index is 5.48. The fourth-order valence-corrected chi connectivity index (χ4v) is 4.26. The zero-order valence-electron chi connectivity index (χ0n) is 17.2. The smallest absolute Gasteiger partial charge is 0.240 e. The molecule has 1 atom stereocenters. The molecule has 6 nitrogen and oxygen atoms in total. The first-order valence-corrected chi connectivity index (χ1v) is 10.3. The maximum Gasteiger partial charge on any atom is 0.240 e. The van der Waals surface area contributed by atoms with Gasteiger partial charge in [0.05, 0.1) is 18.4 Å². The summed E-state index contributed by atoms with van der Waals surface area (Å²) in [5, 5.41) is 12.5. The monoisotopic (exact) mass is 399 g/mol. The summed E-state index contributed by atoms with van der Waals surface area (Å²) in [5.74, 6) is 1.21. The maximum absolute atomic E-state index is 5.48. The minimum Gasteiger partial charge on any atom is -0.338 e. The Kier molecular flexibility index (Phi) is 4.71. The van der Waals surface area contributed by atoms with Gasteiger partial charge in [-0.2, -0.15) is 10.1 Å². The van der Waals surface area contributed by atoms with Gasteiger partial charge in [0.15, 0.2) is 0 Å². The van der Waals surface area contributed by atoms with E-state index in [2.05, 4.69) is 46.1 Å². The van der Waals surface area contributed by atoms with E-state index in [4.69, 9.17) is 9.62 Å². The highest BCUT2D eigenvalue weighted by Crippen LogP contribution is 2.41. The van der Waals surface area contributed by atoms with Gasteiger partial charge in [-0.3, -0.25) is 0 Å². The summed E-state index contributed by atoms with van der Waals surface area (Å²) >= 11 is 0. The average Bonchev–Trinajstić information content (AvgIpc) is 3.40. The van der Waals surface area contributed by atoms with Crippen molar-refractivity contribution in [2.45, 2.75) is 39.3 Å². The van der Waals surface area contributed by atoms with Crippen LogP contribution in [0.1, 0.15) is 43.5 Å². The summed E-state index contributed by atoms with van der Waals surface area (Å²) in [7, 11) is 0. The third-order valence-electron chi connectivity index (χ3n) is 5.68. The van der Waals surface area contributed by atoms with Crippen LogP contribution in [0.3, 0.4) is 0 Å². The minimum absolute atomic E-state index is 0.168. The van der Waals surface area contributed by atoms with E-state index < -0.39 is 0 Å².